The summed E-state index contributed by atoms with van der Waals surface area (Å²) < 4.78 is 26.5. The third-order valence-corrected chi connectivity index (χ3v) is 5.16. The van der Waals surface area contributed by atoms with Crippen molar-refractivity contribution in [2.75, 3.05) is 34.2 Å². The smallest absolute Gasteiger partial charge is 0.377 e. The van der Waals surface area contributed by atoms with Crippen molar-refractivity contribution >= 4 is 8.80 Å². The number of rotatable bonds is 9. The molecule has 0 spiro atoms. The summed E-state index contributed by atoms with van der Waals surface area (Å²) in [5.41, 5.74) is 0. The maximum Gasteiger partial charge on any atom is 0.502 e. The van der Waals surface area contributed by atoms with E-state index in [1.54, 1.807) is 14.2 Å². The van der Waals surface area contributed by atoms with Gasteiger partial charge in [0.1, 0.15) is 12.9 Å². The molecule has 0 aromatic carbocycles. The molecule has 5 nitrogen and oxygen atoms in total. The van der Waals surface area contributed by atoms with Gasteiger partial charge >= 0.3 is 8.80 Å². The van der Waals surface area contributed by atoms with Crippen molar-refractivity contribution in [2.24, 2.45) is 0 Å². The van der Waals surface area contributed by atoms with Crippen LogP contribution in [0.1, 0.15) is 13.3 Å². The van der Waals surface area contributed by atoms with E-state index in [0.29, 0.717) is 6.61 Å². The number of epoxide rings is 1. The van der Waals surface area contributed by atoms with Gasteiger partial charge in [-0.25, -0.2) is 0 Å². The molecule has 0 N–H and O–H groups in total. The Kier molecular flexibility index (Phi) is 5.73. The zero-order valence-electron chi connectivity index (χ0n) is 9.65. The lowest BCUT2D eigenvalue weighted by Gasteiger charge is -2.25. The molecule has 0 bridgehead atoms. The molecule has 0 aromatic heterocycles. The second-order valence-electron chi connectivity index (χ2n) is 3.43. The van der Waals surface area contributed by atoms with E-state index in [2.05, 4.69) is 6.92 Å². The SMILES string of the molecule is CCC[Si](OC)(OC)OCOCC1CO1. The lowest BCUT2D eigenvalue weighted by atomic mass is 10.5. The van der Waals surface area contributed by atoms with E-state index in [1.807, 2.05) is 0 Å². The van der Waals surface area contributed by atoms with Crippen LogP contribution in [0.3, 0.4) is 0 Å². The van der Waals surface area contributed by atoms with Gasteiger partial charge in [-0.1, -0.05) is 13.3 Å². The minimum atomic E-state index is -2.46. The predicted octanol–water partition coefficient (Wildman–Crippen LogP) is 1.02. The summed E-state index contributed by atoms with van der Waals surface area (Å²) in [5, 5.41) is 0. The third kappa shape index (κ3) is 4.58. The van der Waals surface area contributed by atoms with E-state index < -0.39 is 8.80 Å². The quantitative estimate of drug-likeness (QED) is 0.259. The molecule has 0 radical (unpaired) electrons. The fourth-order valence-corrected chi connectivity index (χ4v) is 3.09. The van der Waals surface area contributed by atoms with Crippen molar-refractivity contribution < 1.29 is 22.8 Å². The largest absolute Gasteiger partial charge is 0.502 e. The van der Waals surface area contributed by atoms with Crippen molar-refractivity contribution in [3.8, 4) is 0 Å². The van der Waals surface area contributed by atoms with Crippen molar-refractivity contribution in [2.45, 2.75) is 25.5 Å². The molecule has 90 valence electrons. The molecule has 6 heteroatoms. The number of ether oxygens (including phenoxy) is 2. The molecule has 1 unspecified atom stereocenters. The van der Waals surface area contributed by atoms with Crippen molar-refractivity contribution in [3.05, 3.63) is 0 Å². The highest BCUT2D eigenvalue weighted by Gasteiger charge is 2.38. The Labute approximate surface area is 92.0 Å². The van der Waals surface area contributed by atoms with E-state index >= 15 is 0 Å². The van der Waals surface area contributed by atoms with Crippen LogP contribution in [0.15, 0.2) is 0 Å². The van der Waals surface area contributed by atoms with E-state index in [0.717, 1.165) is 19.1 Å². The summed E-state index contributed by atoms with van der Waals surface area (Å²) in [5.74, 6) is 0. The standard InChI is InChI=1S/C9H20O5Si/c1-4-5-15(10-2,11-3)14-8-12-6-9-7-13-9/h9H,4-8H2,1-3H3. The molecule has 1 heterocycles. The Hall–Kier alpha value is 0.0169. The highest BCUT2D eigenvalue weighted by atomic mass is 28.4. The summed E-state index contributed by atoms with van der Waals surface area (Å²) in [6.45, 7) is 3.67. The topological polar surface area (TPSA) is 49.5 Å². The summed E-state index contributed by atoms with van der Waals surface area (Å²) in [6, 6.07) is 0.809. The van der Waals surface area contributed by atoms with Crippen LogP contribution in [-0.2, 0) is 22.8 Å². The van der Waals surface area contributed by atoms with Crippen LogP contribution in [0.25, 0.3) is 0 Å². The van der Waals surface area contributed by atoms with E-state index in [9.17, 15) is 0 Å². The molecular formula is C9H20O5Si. The van der Waals surface area contributed by atoms with Gasteiger partial charge in [-0.3, -0.25) is 0 Å². The van der Waals surface area contributed by atoms with Crippen LogP contribution in [0, 0.1) is 0 Å². The van der Waals surface area contributed by atoms with E-state index in [-0.39, 0.29) is 12.9 Å². The molecule has 0 aliphatic carbocycles. The van der Waals surface area contributed by atoms with Gasteiger partial charge in [0.15, 0.2) is 0 Å². The lowest BCUT2D eigenvalue weighted by molar-refractivity contribution is -0.0369. The van der Waals surface area contributed by atoms with Gasteiger partial charge in [-0.05, 0) is 0 Å². The normalized spacial score (nSPS) is 20.6. The van der Waals surface area contributed by atoms with Gasteiger partial charge in [0.25, 0.3) is 0 Å². The van der Waals surface area contributed by atoms with Crippen LogP contribution < -0.4 is 0 Å². The number of hydrogen-bond donors (Lipinski definition) is 0. The Morgan fingerprint density at radius 2 is 2.00 bits per heavy atom. The molecule has 1 aliphatic heterocycles. The monoisotopic (exact) mass is 236 g/mol. The molecule has 1 aliphatic rings. The van der Waals surface area contributed by atoms with Crippen LogP contribution in [0.2, 0.25) is 6.04 Å². The zero-order chi connectivity index (χ0) is 11.1. The van der Waals surface area contributed by atoms with Gasteiger partial charge in [-0.2, -0.15) is 0 Å². The first-order valence-electron chi connectivity index (χ1n) is 5.20. The summed E-state index contributed by atoms with van der Waals surface area (Å²) >= 11 is 0. The average molecular weight is 236 g/mol. The Bertz CT molecular complexity index is 170. The van der Waals surface area contributed by atoms with Crippen molar-refractivity contribution in [1.29, 1.82) is 0 Å². The minimum Gasteiger partial charge on any atom is -0.377 e. The molecule has 0 aromatic rings. The van der Waals surface area contributed by atoms with Crippen molar-refractivity contribution in [3.63, 3.8) is 0 Å². The maximum absolute atomic E-state index is 5.56. The van der Waals surface area contributed by atoms with Crippen LogP contribution in [0.5, 0.6) is 0 Å². The molecular weight excluding hydrogens is 216 g/mol. The summed E-state index contributed by atoms with van der Waals surface area (Å²) in [6.07, 6.45) is 1.24. The molecule has 15 heavy (non-hydrogen) atoms. The third-order valence-electron chi connectivity index (χ3n) is 2.25. The molecule has 1 atom stereocenters. The van der Waals surface area contributed by atoms with Gasteiger partial charge in [-0.15, -0.1) is 0 Å². The second-order valence-corrected chi connectivity index (χ2v) is 6.40. The van der Waals surface area contributed by atoms with Crippen LogP contribution >= 0.6 is 0 Å². The van der Waals surface area contributed by atoms with Gasteiger partial charge in [0.2, 0.25) is 0 Å². The summed E-state index contributed by atoms with van der Waals surface area (Å²) in [4.78, 5) is 0. The first-order chi connectivity index (χ1) is 7.26. The van der Waals surface area contributed by atoms with E-state index in [4.69, 9.17) is 22.8 Å². The molecule has 0 saturated carbocycles. The average Bonchev–Trinajstić information content (AvgIpc) is 3.07. The highest BCUT2D eigenvalue weighted by Crippen LogP contribution is 2.16. The Morgan fingerprint density at radius 3 is 2.47 bits per heavy atom. The lowest BCUT2D eigenvalue weighted by Crippen LogP contribution is -2.44. The molecule has 1 fully saturated rings. The van der Waals surface area contributed by atoms with Crippen molar-refractivity contribution in [1.82, 2.24) is 0 Å². The van der Waals surface area contributed by atoms with Crippen LogP contribution in [-0.4, -0.2) is 49.1 Å². The number of hydrogen-bond acceptors (Lipinski definition) is 5. The Morgan fingerprint density at radius 1 is 1.33 bits per heavy atom. The second kappa shape index (κ2) is 6.57. The van der Waals surface area contributed by atoms with Gasteiger partial charge in [0.05, 0.1) is 13.2 Å². The maximum atomic E-state index is 5.56. The predicted molar refractivity (Wildman–Crippen MR) is 56.5 cm³/mol. The Balaban J connectivity index is 2.16. The first kappa shape index (κ1) is 13.1. The van der Waals surface area contributed by atoms with Crippen LogP contribution in [0.4, 0.5) is 0 Å². The zero-order valence-corrected chi connectivity index (χ0v) is 10.7. The first-order valence-corrected chi connectivity index (χ1v) is 7.13. The molecule has 0 amide bonds. The van der Waals surface area contributed by atoms with Gasteiger partial charge in [0, 0.05) is 20.3 Å². The highest BCUT2D eigenvalue weighted by molar-refractivity contribution is 6.60. The molecule has 1 rings (SSSR count). The summed E-state index contributed by atoms with van der Waals surface area (Å²) in [7, 11) is 0.780. The van der Waals surface area contributed by atoms with Gasteiger partial charge < -0.3 is 22.8 Å². The fourth-order valence-electron chi connectivity index (χ4n) is 1.26. The van der Waals surface area contributed by atoms with E-state index in [1.165, 1.54) is 0 Å². The minimum absolute atomic E-state index is 0.216. The molecule has 1 saturated heterocycles. The fraction of sp³-hybridized carbons (Fsp3) is 1.00.